The summed E-state index contributed by atoms with van der Waals surface area (Å²) in [7, 11) is 0. The van der Waals surface area contributed by atoms with Gasteiger partial charge in [-0.1, -0.05) is 41.4 Å². The van der Waals surface area contributed by atoms with Crippen molar-refractivity contribution in [1.82, 2.24) is 9.78 Å². The van der Waals surface area contributed by atoms with E-state index in [1.54, 1.807) is 12.3 Å². The van der Waals surface area contributed by atoms with Crippen molar-refractivity contribution in [2.45, 2.75) is 0 Å². The summed E-state index contributed by atoms with van der Waals surface area (Å²) in [5, 5.41) is 6.50. The molecule has 0 atom stereocenters. The van der Waals surface area contributed by atoms with Crippen LogP contribution in [0.1, 0.15) is 0 Å². The number of hydrogen-bond donors (Lipinski definition) is 0. The Labute approximate surface area is 108 Å². The molecule has 0 aliphatic heterocycles. The molecule has 0 unspecified atom stereocenters. The second-order valence-electron chi connectivity index (χ2n) is 3.72. The summed E-state index contributed by atoms with van der Waals surface area (Å²) < 4.78 is 1.81. The second kappa shape index (κ2) is 4.06. The summed E-state index contributed by atoms with van der Waals surface area (Å²) in [5.41, 5.74) is 1.86. The lowest BCUT2D eigenvalue weighted by Crippen LogP contribution is -1.95. The summed E-state index contributed by atoms with van der Waals surface area (Å²) in [6.07, 6.45) is 1.76. The molecule has 0 N–H and O–H groups in total. The van der Waals surface area contributed by atoms with Crippen molar-refractivity contribution in [3.05, 3.63) is 58.7 Å². The van der Waals surface area contributed by atoms with Crippen LogP contribution in [0.25, 0.3) is 16.6 Å². The smallest absolute Gasteiger partial charge is 0.0928 e. The van der Waals surface area contributed by atoms with Gasteiger partial charge in [-0.05, 0) is 24.3 Å². The predicted octanol–water partition coefficient (Wildman–Crippen LogP) is 4.33. The molecule has 0 aliphatic rings. The Morgan fingerprint density at radius 2 is 1.76 bits per heavy atom. The summed E-state index contributed by atoms with van der Waals surface area (Å²) in [6, 6.07) is 13.4. The van der Waals surface area contributed by atoms with Gasteiger partial charge in [-0.2, -0.15) is 5.10 Å². The highest BCUT2D eigenvalue weighted by molar-refractivity contribution is 6.38. The minimum absolute atomic E-state index is 0.605. The minimum Gasteiger partial charge on any atom is -0.232 e. The molecule has 3 aromatic rings. The molecule has 0 saturated carbocycles. The van der Waals surface area contributed by atoms with Crippen LogP contribution in [-0.4, -0.2) is 9.78 Å². The van der Waals surface area contributed by atoms with Crippen LogP contribution in [0.3, 0.4) is 0 Å². The van der Waals surface area contributed by atoms with Gasteiger partial charge in [0.25, 0.3) is 0 Å². The first-order chi connectivity index (χ1) is 8.25. The second-order valence-corrected chi connectivity index (χ2v) is 4.56. The van der Waals surface area contributed by atoms with Crippen LogP contribution in [-0.2, 0) is 0 Å². The average molecular weight is 263 g/mol. The van der Waals surface area contributed by atoms with Gasteiger partial charge in [0.1, 0.15) is 0 Å². The zero-order valence-corrected chi connectivity index (χ0v) is 10.3. The quantitative estimate of drug-likeness (QED) is 0.638. The van der Waals surface area contributed by atoms with Gasteiger partial charge in [0, 0.05) is 10.4 Å². The molecule has 1 aromatic heterocycles. The number of halogens is 2. The summed E-state index contributed by atoms with van der Waals surface area (Å²) >= 11 is 12.2. The molecule has 1 heterocycles. The van der Waals surface area contributed by atoms with Crippen LogP contribution in [0, 0.1) is 0 Å². The average Bonchev–Trinajstić information content (AvgIpc) is 2.74. The Balaban J connectivity index is 2.32. The van der Waals surface area contributed by atoms with Crippen LogP contribution >= 0.6 is 23.2 Å². The third-order valence-electron chi connectivity index (χ3n) is 2.58. The first kappa shape index (κ1) is 10.6. The van der Waals surface area contributed by atoms with Crippen LogP contribution in [0.5, 0.6) is 0 Å². The highest BCUT2D eigenvalue weighted by Crippen LogP contribution is 2.29. The predicted molar refractivity (Wildman–Crippen MR) is 71.1 cm³/mol. The molecular formula is C13H8Cl2N2. The molecule has 84 valence electrons. The number of aromatic nitrogens is 2. The maximum atomic E-state index is 6.21. The molecule has 2 aromatic carbocycles. The fourth-order valence-corrected chi connectivity index (χ4v) is 2.44. The fraction of sp³-hybridized carbons (Fsp3) is 0. The molecule has 0 bridgehead atoms. The highest BCUT2D eigenvalue weighted by Gasteiger charge is 2.09. The number of rotatable bonds is 1. The van der Waals surface area contributed by atoms with E-state index in [4.69, 9.17) is 23.2 Å². The third kappa shape index (κ3) is 1.79. The van der Waals surface area contributed by atoms with Gasteiger partial charge in [-0.3, -0.25) is 0 Å². The maximum Gasteiger partial charge on any atom is 0.0928 e. The molecule has 3 rings (SSSR count). The summed E-state index contributed by atoms with van der Waals surface area (Å²) in [4.78, 5) is 0. The van der Waals surface area contributed by atoms with E-state index in [9.17, 15) is 0 Å². The van der Waals surface area contributed by atoms with Crippen molar-refractivity contribution in [2.24, 2.45) is 0 Å². The number of para-hydroxylation sites is 1. The Hall–Kier alpha value is -1.51. The molecule has 0 saturated heterocycles. The van der Waals surface area contributed by atoms with Gasteiger partial charge < -0.3 is 0 Å². The van der Waals surface area contributed by atoms with Gasteiger partial charge in [0.15, 0.2) is 0 Å². The number of nitrogens with zero attached hydrogens (tertiary/aromatic N) is 2. The first-order valence-corrected chi connectivity index (χ1v) is 5.89. The normalized spacial score (nSPS) is 10.9. The standard InChI is InChI=1S/C13H8Cl2N2/c14-10-6-9-8-16-17(13(9)12(15)7-10)11-4-2-1-3-5-11/h1-8H. The largest absolute Gasteiger partial charge is 0.232 e. The monoisotopic (exact) mass is 262 g/mol. The molecule has 0 aliphatic carbocycles. The molecule has 0 radical (unpaired) electrons. The van der Waals surface area contributed by atoms with E-state index in [-0.39, 0.29) is 0 Å². The summed E-state index contributed by atoms with van der Waals surface area (Å²) in [5.74, 6) is 0. The lowest BCUT2D eigenvalue weighted by atomic mass is 10.2. The maximum absolute atomic E-state index is 6.21. The van der Waals surface area contributed by atoms with Crippen LogP contribution in [0.2, 0.25) is 10.0 Å². The first-order valence-electron chi connectivity index (χ1n) is 5.14. The van der Waals surface area contributed by atoms with Gasteiger partial charge in [-0.25, -0.2) is 4.68 Å². The number of hydrogen-bond acceptors (Lipinski definition) is 1. The van der Waals surface area contributed by atoms with E-state index in [2.05, 4.69) is 5.10 Å². The lowest BCUT2D eigenvalue weighted by molar-refractivity contribution is 0.911. The Kier molecular flexibility index (Phi) is 2.54. The summed E-state index contributed by atoms with van der Waals surface area (Å²) in [6.45, 7) is 0. The number of benzene rings is 2. The molecule has 4 heteroatoms. The van der Waals surface area contributed by atoms with Crippen molar-refractivity contribution in [2.75, 3.05) is 0 Å². The van der Waals surface area contributed by atoms with Crippen molar-refractivity contribution in [3.63, 3.8) is 0 Å². The van der Waals surface area contributed by atoms with Crippen LogP contribution in [0.4, 0.5) is 0 Å². The van der Waals surface area contributed by atoms with Gasteiger partial charge in [0.2, 0.25) is 0 Å². The van der Waals surface area contributed by atoms with E-state index >= 15 is 0 Å². The minimum atomic E-state index is 0.605. The zero-order chi connectivity index (χ0) is 11.8. The van der Waals surface area contributed by atoms with Gasteiger partial charge in [0.05, 0.1) is 22.4 Å². The fourth-order valence-electron chi connectivity index (χ4n) is 1.85. The highest BCUT2D eigenvalue weighted by atomic mass is 35.5. The number of fused-ring (bicyclic) bond motifs is 1. The molecule has 17 heavy (non-hydrogen) atoms. The van der Waals surface area contributed by atoms with Crippen molar-refractivity contribution in [1.29, 1.82) is 0 Å². The Morgan fingerprint density at radius 3 is 2.53 bits per heavy atom. The molecule has 0 fully saturated rings. The lowest BCUT2D eigenvalue weighted by Gasteiger charge is -2.04. The van der Waals surface area contributed by atoms with E-state index in [1.165, 1.54) is 0 Å². The molecule has 2 nitrogen and oxygen atoms in total. The van der Waals surface area contributed by atoms with Crippen molar-refractivity contribution < 1.29 is 0 Å². The van der Waals surface area contributed by atoms with E-state index in [0.717, 1.165) is 16.6 Å². The van der Waals surface area contributed by atoms with E-state index < -0.39 is 0 Å². The molecule has 0 amide bonds. The topological polar surface area (TPSA) is 17.8 Å². The van der Waals surface area contributed by atoms with E-state index in [0.29, 0.717) is 10.0 Å². The third-order valence-corrected chi connectivity index (χ3v) is 3.09. The van der Waals surface area contributed by atoms with Crippen LogP contribution < -0.4 is 0 Å². The van der Waals surface area contributed by atoms with Crippen molar-refractivity contribution >= 4 is 34.1 Å². The molecule has 0 spiro atoms. The Bertz CT molecular complexity index is 674. The zero-order valence-electron chi connectivity index (χ0n) is 8.77. The van der Waals surface area contributed by atoms with Crippen molar-refractivity contribution in [3.8, 4) is 5.69 Å². The Morgan fingerprint density at radius 1 is 1.00 bits per heavy atom. The van der Waals surface area contributed by atoms with Gasteiger partial charge >= 0.3 is 0 Å². The van der Waals surface area contributed by atoms with Crippen LogP contribution in [0.15, 0.2) is 48.7 Å². The molecular weight excluding hydrogens is 255 g/mol. The van der Waals surface area contributed by atoms with E-state index in [1.807, 2.05) is 41.1 Å². The SMILES string of the molecule is Clc1cc(Cl)c2c(cnn2-c2ccccc2)c1. The van der Waals surface area contributed by atoms with Gasteiger partial charge in [-0.15, -0.1) is 0 Å².